The van der Waals surface area contributed by atoms with Crippen LogP contribution in [0.1, 0.15) is 23.8 Å². The number of hydrogen-bond donors (Lipinski definition) is 2. The first kappa shape index (κ1) is 13.4. The van der Waals surface area contributed by atoms with Gasteiger partial charge in [-0.2, -0.15) is 0 Å². The van der Waals surface area contributed by atoms with Crippen LogP contribution in [0.4, 0.5) is 5.82 Å². The Morgan fingerprint density at radius 1 is 1.47 bits per heavy atom. The SMILES string of the molecule is CCC(CO)Nc1ccc(C(=O)N(C)C)nn1. The topological polar surface area (TPSA) is 78.4 Å². The van der Waals surface area contributed by atoms with Crippen LogP contribution in [0.15, 0.2) is 12.1 Å². The van der Waals surface area contributed by atoms with Gasteiger partial charge in [-0.25, -0.2) is 0 Å². The minimum absolute atomic E-state index is 0.0383. The summed E-state index contributed by atoms with van der Waals surface area (Å²) in [5, 5.41) is 19.8. The fourth-order valence-corrected chi connectivity index (χ4v) is 1.24. The zero-order chi connectivity index (χ0) is 12.8. The van der Waals surface area contributed by atoms with Crippen molar-refractivity contribution in [2.45, 2.75) is 19.4 Å². The summed E-state index contributed by atoms with van der Waals surface area (Å²) in [4.78, 5) is 13.0. The average Bonchev–Trinajstić information content (AvgIpc) is 2.35. The van der Waals surface area contributed by atoms with Crippen LogP contribution in [0.2, 0.25) is 0 Å². The van der Waals surface area contributed by atoms with Crippen molar-refractivity contribution in [3.8, 4) is 0 Å². The van der Waals surface area contributed by atoms with E-state index in [1.165, 1.54) is 4.90 Å². The van der Waals surface area contributed by atoms with Crippen molar-refractivity contribution in [1.82, 2.24) is 15.1 Å². The van der Waals surface area contributed by atoms with Gasteiger partial charge in [0.1, 0.15) is 5.82 Å². The number of aromatic nitrogens is 2. The minimum atomic E-state index is -0.182. The van der Waals surface area contributed by atoms with E-state index in [0.717, 1.165) is 6.42 Å². The number of hydrogen-bond acceptors (Lipinski definition) is 5. The first-order chi connectivity index (χ1) is 8.08. The maximum absolute atomic E-state index is 11.6. The van der Waals surface area contributed by atoms with Gasteiger partial charge in [-0.1, -0.05) is 6.92 Å². The standard InChI is InChI=1S/C11H18N4O2/c1-4-8(7-16)12-10-6-5-9(13-14-10)11(17)15(2)3/h5-6,8,16H,4,7H2,1-3H3,(H,12,14). The van der Waals surface area contributed by atoms with Gasteiger partial charge in [-0.3, -0.25) is 4.79 Å². The molecule has 17 heavy (non-hydrogen) atoms. The van der Waals surface area contributed by atoms with Gasteiger partial charge in [-0.05, 0) is 18.6 Å². The summed E-state index contributed by atoms with van der Waals surface area (Å²) < 4.78 is 0. The Morgan fingerprint density at radius 2 is 2.18 bits per heavy atom. The lowest BCUT2D eigenvalue weighted by Gasteiger charge is -2.14. The molecule has 0 aromatic carbocycles. The van der Waals surface area contributed by atoms with E-state index >= 15 is 0 Å². The third-order valence-electron chi connectivity index (χ3n) is 2.36. The second-order valence-corrected chi connectivity index (χ2v) is 3.94. The molecule has 0 radical (unpaired) electrons. The molecule has 0 spiro atoms. The number of carbonyl (C=O) groups is 1. The summed E-state index contributed by atoms with van der Waals surface area (Å²) >= 11 is 0. The van der Waals surface area contributed by atoms with E-state index in [9.17, 15) is 4.79 Å². The number of aliphatic hydroxyl groups excluding tert-OH is 1. The molecule has 1 aromatic rings. The molecule has 6 heteroatoms. The fraction of sp³-hybridized carbons (Fsp3) is 0.545. The number of aliphatic hydroxyl groups is 1. The number of nitrogens with one attached hydrogen (secondary N) is 1. The molecule has 1 atom stereocenters. The zero-order valence-electron chi connectivity index (χ0n) is 10.3. The molecule has 1 aromatic heterocycles. The van der Waals surface area contributed by atoms with Crippen LogP contribution < -0.4 is 5.32 Å². The molecule has 6 nitrogen and oxygen atoms in total. The Balaban J connectivity index is 2.71. The number of amides is 1. The van der Waals surface area contributed by atoms with E-state index in [0.29, 0.717) is 11.5 Å². The Kier molecular flexibility index (Phi) is 4.84. The van der Waals surface area contributed by atoms with E-state index in [1.54, 1.807) is 26.2 Å². The predicted octanol–water partition coefficient (Wildman–Crippen LogP) is 0.361. The van der Waals surface area contributed by atoms with Crippen molar-refractivity contribution < 1.29 is 9.90 Å². The summed E-state index contributed by atoms with van der Waals surface area (Å²) in [5.74, 6) is 0.374. The van der Waals surface area contributed by atoms with Gasteiger partial charge in [0.15, 0.2) is 5.69 Å². The summed E-state index contributed by atoms with van der Waals surface area (Å²) in [6.07, 6.45) is 0.788. The molecule has 0 aliphatic heterocycles. The van der Waals surface area contributed by atoms with Crippen molar-refractivity contribution in [2.24, 2.45) is 0 Å². The molecule has 0 fully saturated rings. The van der Waals surface area contributed by atoms with Crippen LogP contribution in [0, 0.1) is 0 Å². The fourth-order valence-electron chi connectivity index (χ4n) is 1.24. The van der Waals surface area contributed by atoms with Crippen LogP contribution in [0.3, 0.4) is 0 Å². The number of rotatable bonds is 5. The van der Waals surface area contributed by atoms with E-state index in [4.69, 9.17) is 5.11 Å². The molecule has 0 aliphatic rings. The summed E-state index contributed by atoms with van der Waals surface area (Å²) in [6, 6.07) is 3.25. The second kappa shape index (κ2) is 6.15. The maximum Gasteiger partial charge on any atom is 0.273 e. The lowest BCUT2D eigenvalue weighted by Crippen LogP contribution is -2.25. The summed E-state index contributed by atoms with van der Waals surface area (Å²) in [7, 11) is 3.32. The zero-order valence-corrected chi connectivity index (χ0v) is 10.3. The maximum atomic E-state index is 11.6. The van der Waals surface area contributed by atoms with Crippen molar-refractivity contribution in [1.29, 1.82) is 0 Å². The van der Waals surface area contributed by atoms with Crippen molar-refractivity contribution in [2.75, 3.05) is 26.0 Å². The molecule has 0 aliphatic carbocycles. The average molecular weight is 238 g/mol. The Hall–Kier alpha value is -1.69. The van der Waals surface area contributed by atoms with E-state index in [2.05, 4.69) is 15.5 Å². The molecular weight excluding hydrogens is 220 g/mol. The highest BCUT2D eigenvalue weighted by molar-refractivity contribution is 5.91. The van der Waals surface area contributed by atoms with Gasteiger partial charge in [-0.15, -0.1) is 10.2 Å². The van der Waals surface area contributed by atoms with Gasteiger partial charge < -0.3 is 15.3 Å². The molecule has 0 bridgehead atoms. The highest BCUT2D eigenvalue weighted by Gasteiger charge is 2.11. The Morgan fingerprint density at radius 3 is 2.59 bits per heavy atom. The van der Waals surface area contributed by atoms with Crippen molar-refractivity contribution in [3.05, 3.63) is 17.8 Å². The minimum Gasteiger partial charge on any atom is -0.394 e. The van der Waals surface area contributed by atoms with Gasteiger partial charge >= 0.3 is 0 Å². The van der Waals surface area contributed by atoms with E-state index in [1.807, 2.05) is 6.92 Å². The molecule has 1 heterocycles. The lowest BCUT2D eigenvalue weighted by atomic mass is 10.2. The number of nitrogens with zero attached hydrogens (tertiary/aromatic N) is 3. The van der Waals surface area contributed by atoms with Gasteiger partial charge in [0.25, 0.3) is 5.91 Å². The van der Waals surface area contributed by atoms with Crippen LogP contribution in [-0.2, 0) is 0 Å². The van der Waals surface area contributed by atoms with Crippen molar-refractivity contribution >= 4 is 11.7 Å². The largest absolute Gasteiger partial charge is 0.394 e. The highest BCUT2D eigenvalue weighted by Crippen LogP contribution is 2.06. The number of carbonyl (C=O) groups excluding carboxylic acids is 1. The molecule has 0 saturated heterocycles. The molecule has 1 unspecified atom stereocenters. The van der Waals surface area contributed by atoms with Crippen LogP contribution in [0.5, 0.6) is 0 Å². The van der Waals surface area contributed by atoms with Crippen LogP contribution >= 0.6 is 0 Å². The normalized spacial score (nSPS) is 12.0. The van der Waals surface area contributed by atoms with Crippen molar-refractivity contribution in [3.63, 3.8) is 0 Å². The Bertz CT molecular complexity index is 360. The van der Waals surface area contributed by atoms with Gasteiger partial charge in [0.05, 0.1) is 12.6 Å². The number of anilines is 1. The first-order valence-corrected chi connectivity index (χ1v) is 5.51. The molecular formula is C11H18N4O2. The molecule has 94 valence electrons. The second-order valence-electron chi connectivity index (χ2n) is 3.94. The van der Waals surface area contributed by atoms with E-state index in [-0.39, 0.29) is 18.6 Å². The van der Waals surface area contributed by atoms with Crippen LogP contribution in [0.25, 0.3) is 0 Å². The van der Waals surface area contributed by atoms with Crippen LogP contribution in [-0.4, -0.2) is 52.9 Å². The molecule has 1 rings (SSSR count). The molecule has 1 amide bonds. The smallest absolute Gasteiger partial charge is 0.273 e. The van der Waals surface area contributed by atoms with E-state index < -0.39 is 0 Å². The summed E-state index contributed by atoms with van der Waals surface area (Å²) in [6.45, 7) is 2.00. The Labute approximate surface area is 101 Å². The quantitative estimate of drug-likeness (QED) is 0.774. The molecule has 2 N–H and O–H groups in total. The monoisotopic (exact) mass is 238 g/mol. The summed E-state index contributed by atoms with van der Waals surface area (Å²) in [5.41, 5.74) is 0.303. The van der Waals surface area contributed by atoms with Gasteiger partial charge in [0, 0.05) is 14.1 Å². The third kappa shape index (κ3) is 3.67. The predicted molar refractivity (Wildman–Crippen MR) is 64.8 cm³/mol. The highest BCUT2D eigenvalue weighted by atomic mass is 16.3. The lowest BCUT2D eigenvalue weighted by molar-refractivity contribution is 0.0821. The third-order valence-corrected chi connectivity index (χ3v) is 2.36. The first-order valence-electron chi connectivity index (χ1n) is 5.51. The van der Waals surface area contributed by atoms with Gasteiger partial charge in [0.2, 0.25) is 0 Å². The molecule has 0 saturated carbocycles.